The molecule has 2 aromatic rings. The third-order valence-electron chi connectivity index (χ3n) is 2.57. The largest absolute Gasteiger partial charge is 0.397 e. The number of halogens is 5. The second-order valence-corrected chi connectivity index (χ2v) is 4.72. The molecule has 0 saturated heterocycles. The normalized spacial score (nSPS) is 10.7. The Kier molecular flexibility index (Phi) is 3.92. The third kappa shape index (κ3) is 2.59. The van der Waals surface area contributed by atoms with E-state index in [2.05, 4.69) is 0 Å². The van der Waals surface area contributed by atoms with Crippen molar-refractivity contribution in [2.75, 3.05) is 5.73 Å². The molecule has 0 atom stereocenters. The smallest absolute Gasteiger partial charge is 0.196 e. The molecular weight excluding hydrogens is 314 g/mol. The number of carbonyl (C=O) groups excluding carboxylic acids is 1. The lowest BCUT2D eigenvalue weighted by Crippen LogP contribution is -2.07. The second kappa shape index (κ2) is 5.34. The first-order valence-electron chi connectivity index (χ1n) is 5.25. The number of hydrogen-bond donors (Lipinski definition) is 1. The van der Waals surface area contributed by atoms with Gasteiger partial charge in [-0.3, -0.25) is 4.79 Å². The van der Waals surface area contributed by atoms with Gasteiger partial charge in [-0.25, -0.2) is 13.2 Å². The van der Waals surface area contributed by atoms with Crippen LogP contribution in [0.3, 0.4) is 0 Å². The van der Waals surface area contributed by atoms with Gasteiger partial charge in [0.25, 0.3) is 0 Å². The lowest BCUT2D eigenvalue weighted by Gasteiger charge is -2.07. The van der Waals surface area contributed by atoms with Crippen LogP contribution >= 0.6 is 23.2 Å². The Morgan fingerprint density at radius 1 is 0.950 bits per heavy atom. The van der Waals surface area contributed by atoms with Gasteiger partial charge < -0.3 is 5.73 Å². The van der Waals surface area contributed by atoms with Gasteiger partial charge in [0, 0.05) is 11.6 Å². The van der Waals surface area contributed by atoms with Gasteiger partial charge in [-0.2, -0.15) is 0 Å². The van der Waals surface area contributed by atoms with Crippen molar-refractivity contribution in [2.24, 2.45) is 0 Å². The van der Waals surface area contributed by atoms with E-state index in [1.165, 1.54) is 12.1 Å². The van der Waals surface area contributed by atoms with Gasteiger partial charge in [-0.15, -0.1) is 0 Å². The van der Waals surface area contributed by atoms with Gasteiger partial charge in [-0.1, -0.05) is 23.2 Å². The second-order valence-electron chi connectivity index (χ2n) is 3.94. The summed E-state index contributed by atoms with van der Waals surface area (Å²) in [5.74, 6) is -4.78. The topological polar surface area (TPSA) is 43.1 Å². The molecule has 104 valence electrons. The van der Waals surface area contributed by atoms with Gasteiger partial charge in [0.05, 0.1) is 21.3 Å². The highest BCUT2D eigenvalue weighted by Crippen LogP contribution is 2.30. The first-order valence-corrected chi connectivity index (χ1v) is 6.00. The Morgan fingerprint density at radius 3 is 2.15 bits per heavy atom. The van der Waals surface area contributed by atoms with Crippen molar-refractivity contribution in [3.05, 3.63) is 62.9 Å². The zero-order valence-electron chi connectivity index (χ0n) is 9.68. The Bertz CT molecular complexity index is 696. The molecule has 0 fully saturated rings. The molecule has 20 heavy (non-hydrogen) atoms. The predicted molar refractivity (Wildman–Crippen MR) is 70.6 cm³/mol. The van der Waals surface area contributed by atoms with Crippen LogP contribution in [-0.4, -0.2) is 5.78 Å². The lowest BCUT2D eigenvalue weighted by molar-refractivity contribution is 0.103. The molecule has 0 spiro atoms. The summed E-state index contributed by atoms with van der Waals surface area (Å²) in [4.78, 5) is 12.1. The van der Waals surface area contributed by atoms with Crippen LogP contribution in [0.15, 0.2) is 24.3 Å². The van der Waals surface area contributed by atoms with E-state index < -0.39 is 28.8 Å². The molecule has 0 bridgehead atoms. The molecule has 0 aliphatic rings. The summed E-state index contributed by atoms with van der Waals surface area (Å²) in [7, 11) is 0. The molecule has 0 aliphatic heterocycles. The highest BCUT2D eigenvalue weighted by atomic mass is 35.5. The fraction of sp³-hybridized carbons (Fsp3) is 0. The van der Waals surface area contributed by atoms with Crippen LogP contribution in [0.5, 0.6) is 0 Å². The molecule has 2 nitrogen and oxygen atoms in total. The van der Waals surface area contributed by atoms with Crippen molar-refractivity contribution >= 4 is 34.7 Å². The van der Waals surface area contributed by atoms with Crippen LogP contribution in [0.25, 0.3) is 0 Å². The Labute approximate surface area is 121 Å². The van der Waals surface area contributed by atoms with E-state index in [0.29, 0.717) is 12.1 Å². The van der Waals surface area contributed by atoms with Gasteiger partial charge in [-0.05, 0) is 18.2 Å². The molecule has 2 rings (SSSR count). The number of hydrogen-bond acceptors (Lipinski definition) is 2. The van der Waals surface area contributed by atoms with E-state index in [4.69, 9.17) is 28.9 Å². The maximum absolute atomic E-state index is 13.5. The lowest BCUT2D eigenvalue weighted by atomic mass is 10.0. The molecular formula is C13H6Cl2F3NO. The maximum atomic E-state index is 13.5. The fourth-order valence-corrected chi connectivity index (χ4v) is 1.93. The molecule has 2 N–H and O–H groups in total. The third-order valence-corrected chi connectivity index (χ3v) is 3.39. The summed E-state index contributed by atoms with van der Waals surface area (Å²) in [6.45, 7) is 0. The Balaban J connectivity index is 2.55. The molecule has 0 saturated carbocycles. The van der Waals surface area contributed by atoms with Crippen LogP contribution in [-0.2, 0) is 0 Å². The van der Waals surface area contributed by atoms with Crippen LogP contribution < -0.4 is 5.73 Å². The van der Waals surface area contributed by atoms with Gasteiger partial charge >= 0.3 is 0 Å². The van der Waals surface area contributed by atoms with Gasteiger partial charge in [0.2, 0.25) is 0 Å². The number of anilines is 1. The standard InChI is InChI=1S/C13H6Cl2F3NO/c14-7-1-5(2-11(19)12(7)15)13(20)6-3-9(17)10(18)4-8(6)16/h1-4H,19H2. The van der Waals surface area contributed by atoms with E-state index in [9.17, 15) is 18.0 Å². The Morgan fingerprint density at radius 2 is 1.55 bits per heavy atom. The summed E-state index contributed by atoms with van der Waals surface area (Å²) in [5, 5.41) is 0.0481. The predicted octanol–water partition coefficient (Wildman–Crippen LogP) is 4.22. The minimum atomic E-state index is -1.38. The van der Waals surface area contributed by atoms with Crippen molar-refractivity contribution in [2.45, 2.75) is 0 Å². The van der Waals surface area contributed by atoms with Crippen LogP contribution in [0.1, 0.15) is 15.9 Å². The van der Waals surface area contributed by atoms with Crippen molar-refractivity contribution in [3.63, 3.8) is 0 Å². The zero-order valence-corrected chi connectivity index (χ0v) is 11.2. The Hall–Kier alpha value is -1.72. The summed E-state index contributed by atoms with van der Waals surface area (Å²) in [5.41, 5.74) is 4.85. The highest BCUT2D eigenvalue weighted by Gasteiger charge is 2.19. The number of ketones is 1. The van der Waals surface area contributed by atoms with Crippen LogP contribution in [0.2, 0.25) is 10.0 Å². The number of nitrogens with two attached hydrogens (primary N) is 1. The SMILES string of the molecule is Nc1cc(C(=O)c2cc(F)c(F)cc2F)cc(Cl)c1Cl. The molecule has 0 radical (unpaired) electrons. The fourth-order valence-electron chi connectivity index (χ4n) is 1.59. The van der Waals surface area contributed by atoms with Crippen LogP contribution in [0.4, 0.5) is 18.9 Å². The average molecular weight is 320 g/mol. The van der Waals surface area contributed by atoms with E-state index in [0.717, 1.165) is 0 Å². The summed E-state index contributed by atoms with van der Waals surface area (Å²) in [6, 6.07) is 3.12. The van der Waals surface area contributed by atoms with Crippen molar-refractivity contribution in [1.82, 2.24) is 0 Å². The molecule has 0 unspecified atom stereocenters. The minimum absolute atomic E-state index is 0.00184. The van der Waals surface area contributed by atoms with Gasteiger partial charge in [0.15, 0.2) is 17.4 Å². The number of carbonyl (C=O) groups is 1. The van der Waals surface area contributed by atoms with Gasteiger partial charge in [0.1, 0.15) is 5.82 Å². The van der Waals surface area contributed by atoms with E-state index in [-0.39, 0.29) is 21.3 Å². The first kappa shape index (κ1) is 14.7. The molecule has 0 heterocycles. The average Bonchev–Trinajstić information content (AvgIpc) is 2.38. The summed E-state index contributed by atoms with van der Waals surface area (Å²) >= 11 is 11.5. The zero-order chi connectivity index (χ0) is 15.0. The first-order chi connectivity index (χ1) is 9.31. The minimum Gasteiger partial charge on any atom is -0.397 e. The maximum Gasteiger partial charge on any atom is 0.196 e. The van der Waals surface area contributed by atoms with E-state index in [1.54, 1.807) is 0 Å². The van der Waals surface area contributed by atoms with Crippen LogP contribution in [0, 0.1) is 17.5 Å². The molecule has 7 heteroatoms. The van der Waals surface area contributed by atoms with E-state index >= 15 is 0 Å². The molecule has 0 aromatic heterocycles. The number of nitrogen functional groups attached to an aromatic ring is 1. The monoisotopic (exact) mass is 319 g/mol. The van der Waals surface area contributed by atoms with E-state index in [1.807, 2.05) is 0 Å². The summed E-state index contributed by atoms with van der Waals surface area (Å²) < 4.78 is 39.4. The molecule has 0 aliphatic carbocycles. The van der Waals surface area contributed by atoms with Crippen molar-refractivity contribution < 1.29 is 18.0 Å². The van der Waals surface area contributed by atoms with Crippen molar-refractivity contribution in [3.8, 4) is 0 Å². The van der Waals surface area contributed by atoms with Crippen molar-refractivity contribution in [1.29, 1.82) is 0 Å². The molecule has 2 aromatic carbocycles. The number of rotatable bonds is 2. The molecule has 0 amide bonds. The number of benzene rings is 2. The summed E-state index contributed by atoms with van der Waals surface area (Å²) in [6.07, 6.45) is 0. The highest BCUT2D eigenvalue weighted by molar-refractivity contribution is 6.44. The quantitative estimate of drug-likeness (QED) is 0.511.